The number of sulfonamides is 1. The molecule has 1 rings (SSSR count). The van der Waals surface area contributed by atoms with E-state index in [0.29, 0.717) is 18.4 Å². The summed E-state index contributed by atoms with van der Waals surface area (Å²) in [6.45, 7) is 9.66. The minimum atomic E-state index is -3.26. The fourth-order valence-corrected chi connectivity index (χ4v) is 3.93. The van der Waals surface area contributed by atoms with Crippen molar-refractivity contribution >= 4 is 27.3 Å². The van der Waals surface area contributed by atoms with Gasteiger partial charge in [-0.1, -0.05) is 13.0 Å². The van der Waals surface area contributed by atoms with Crippen molar-refractivity contribution in [3.8, 4) is 0 Å². The first kappa shape index (κ1) is 19.9. The van der Waals surface area contributed by atoms with Crippen molar-refractivity contribution in [2.75, 3.05) is 25.9 Å². The standard InChI is InChI=1S/C15H28N4O2S2/c1-6-16-14(17-10-12(2)13-8-7-9-22-13)18-11-15(3,4)19-23(5,20)21/h7-9,12,19H,6,10-11H2,1-5H3,(H2,16,17,18). The van der Waals surface area contributed by atoms with E-state index in [1.54, 1.807) is 11.3 Å². The highest BCUT2D eigenvalue weighted by Gasteiger charge is 2.22. The second-order valence-corrected chi connectivity index (χ2v) is 8.98. The van der Waals surface area contributed by atoms with Gasteiger partial charge in [0.2, 0.25) is 10.0 Å². The summed E-state index contributed by atoms with van der Waals surface area (Å²) < 4.78 is 25.3. The summed E-state index contributed by atoms with van der Waals surface area (Å²) >= 11 is 1.74. The molecule has 6 nitrogen and oxygen atoms in total. The average molecular weight is 361 g/mol. The van der Waals surface area contributed by atoms with E-state index in [1.165, 1.54) is 4.88 Å². The van der Waals surface area contributed by atoms with Gasteiger partial charge in [0.25, 0.3) is 0 Å². The SMILES string of the molecule is CCNC(=NCC(C)(C)NS(C)(=O)=O)NCC(C)c1cccs1. The molecule has 1 atom stereocenters. The summed E-state index contributed by atoms with van der Waals surface area (Å²) in [5, 5.41) is 8.57. The molecule has 0 aliphatic rings. The highest BCUT2D eigenvalue weighted by Crippen LogP contribution is 2.19. The Kier molecular flexibility index (Phi) is 7.50. The lowest BCUT2D eigenvalue weighted by atomic mass is 10.1. The third kappa shape index (κ3) is 8.34. The summed E-state index contributed by atoms with van der Waals surface area (Å²) in [6.07, 6.45) is 1.16. The minimum absolute atomic E-state index is 0.350. The normalized spacial score (nSPS) is 14.6. The van der Waals surface area contributed by atoms with Gasteiger partial charge in [-0.05, 0) is 32.2 Å². The molecule has 0 spiro atoms. The van der Waals surface area contributed by atoms with E-state index < -0.39 is 15.6 Å². The number of hydrogen-bond donors (Lipinski definition) is 3. The van der Waals surface area contributed by atoms with Crippen LogP contribution in [0.15, 0.2) is 22.5 Å². The van der Waals surface area contributed by atoms with Crippen molar-refractivity contribution in [1.29, 1.82) is 0 Å². The van der Waals surface area contributed by atoms with Crippen LogP contribution in [0, 0.1) is 0 Å². The number of thiophene rings is 1. The molecule has 132 valence electrons. The zero-order valence-corrected chi connectivity index (χ0v) is 16.1. The van der Waals surface area contributed by atoms with Gasteiger partial charge in [-0.3, -0.25) is 4.99 Å². The molecular formula is C15H28N4O2S2. The molecular weight excluding hydrogens is 332 g/mol. The Hall–Kier alpha value is -1.12. The lowest BCUT2D eigenvalue weighted by molar-refractivity contribution is 0.464. The molecule has 3 N–H and O–H groups in total. The second-order valence-electron chi connectivity index (χ2n) is 6.25. The lowest BCUT2D eigenvalue weighted by Crippen LogP contribution is -2.47. The van der Waals surface area contributed by atoms with Crippen LogP contribution in [0.4, 0.5) is 0 Å². The maximum absolute atomic E-state index is 11.4. The predicted octanol–water partition coefficient (Wildman–Crippen LogP) is 1.73. The molecule has 23 heavy (non-hydrogen) atoms. The van der Waals surface area contributed by atoms with Crippen LogP contribution in [0.5, 0.6) is 0 Å². The number of nitrogens with one attached hydrogen (secondary N) is 3. The van der Waals surface area contributed by atoms with Crippen LogP contribution in [0.1, 0.15) is 38.5 Å². The smallest absolute Gasteiger partial charge is 0.209 e. The molecule has 0 aliphatic heterocycles. The molecule has 0 saturated heterocycles. The van der Waals surface area contributed by atoms with E-state index in [1.807, 2.05) is 20.8 Å². The van der Waals surface area contributed by atoms with E-state index >= 15 is 0 Å². The summed E-state index contributed by atoms with van der Waals surface area (Å²) in [7, 11) is -3.26. The molecule has 0 amide bonds. The van der Waals surface area contributed by atoms with Gasteiger partial charge in [0.1, 0.15) is 0 Å². The highest BCUT2D eigenvalue weighted by atomic mass is 32.2. The molecule has 0 saturated carbocycles. The molecule has 0 bridgehead atoms. The Morgan fingerprint density at radius 1 is 1.39 bits per heavy atom. The van der Waals surface area contributed by atoms with Crippen molar-refractivity contribution in [2.45, 2.75) is 39.2 Å². The van der Waals surface area contributed by atoms with Crippen LogP contribution in [0.25, 0.3) is 0 Å². The summed E-state index contributed by atoms with van der Waals surface area (Å²) in [6, 6.07) is 4.18. The van der Waals surface area contributed by atoms with Crippen LogP contribution in [0.3, 0.4) is 0 Å². The first-order valence-corrected chi connectivity index (χ1v) is 10.4. The van der Waals surface area contributed by atoms with Crippen molar-refractivity contribution < 1.29 is 8.42 Å². The average Bonchev–Trinajstić information content (AvgIpc) is 2.93. The fourth-order valence-electron chi connectivity index (χ4n) is 2.07. The van der Waals surface area contributed by atoms with Gasteiger partial charge in [-0.2, -0.15) is 0 Å². The number of hydrogen-bond acceptors (Lipinski definition) is 4. The van der Waals surface area contributed by atoms with Gasteiger partial charge in [-0.15, -0.1) is 11.3 Å². The predicted molar refractivity (Wildman–Crippen MR) is 98.8 cm³/mol. The Balaban J connectivity index is 2.62. The topological polar surface area (TPSA) is 82.6 Å². The van der Waals surface area contributed by atoms with Gasteiger partial charge in [-0.25, -0.2) is 13.1 Å². The number of guanidine groups is 1. The third-order valence-electron chi connectivity index (χ3n) is 3.04. The highest BCUT2D eigenvalue weighted by molar-refractivity contribution is 7.88. The van der Waals surface area contributed by atoms with E-state index in [-0.39, 0.29) is 0 Å². The van der Waals surface area contributed by atoms with Crippen LogP contribution in [0.2, 0.25) is 0 Å². The van der Waals surface area contributed by atoms with Crippen molar-refractivity contribution in [3.63, 3.8) is 0 Å². The Labute approximate surface area is 143 Å². The van der Waals surface area contributed by atoms with Crippen molar-refractivity contribution in [1.82, 2.24) is 15.4 Å². The van der Waals surface area contributed by atoms with Gasteiger partial charge < -0.3 is 10.6 Å². The first-order valence-electron chi connectivity index (χ1n) is 7.67. The molecule has 0 aromatic carbocycles. The Bertz CT molecular complexity index is 595. The molecule has 1 aromatic heterocycles. The molecule has 1 heterocycles. The van der Waals surface area contributed by atoms with E-state index in [2.05, 4.69) is 44.8 Å². The Morgan fingerprint density at radius 2 is 2.09 bits per heavy atom. The quantitative estimate of drug-likeness (QED) is 0.487. The Morgan fingerprint density at radius 3 is 2.61 bits per heavy atom. The minimum Gasteiger partial charge on any atom is -0.357 e. The van der Waals surface area contributed by atoms with E-state index in [0.717, 1.165) is 19.3 Å². The van der Waals surface area contributed by atoms with Crippen molar-refractivity contribution in [3.05, 3.63) is 22.4 Å². The van der Waals surface area contributed by atoms with Crippen LogP contribution >= 0.6 is 11.3 Å². The van der Waals surface area contributed by atoms with Crippen LogP contribution < -0.4 is 15.4 Å². The summed E-state index contributed by atoms with van der Waals surface area (Å²) in [5.74, 6) is 1.08. The summed E-state index contributed by atoms with van der Waals surface area (Å²) in [5.41, 5.74) is -0.630. The van der Waals surface area contributed by atoms with Gasteiger partial charge in [0, 0.05) is 29.4 Å². The number of rotatable bonds is 8. The van der Waals surface area contributed by atoms with Crippen molar-refractivity contribution in [2.24, 2.45) is 4.99 Å². The zero-order valence-electron chi connectivity index (χ0n) is 14.5. The summed E-state index contributed by atoms with van der Waals surface area (Å²) in [4.78, 5) is 5.82. The van der Waals surface area contributed by atoms with E-state index in [9.17, 15) is 8.42 Å². The molecule has 8 heteroatoms. The van der Waals surface area contributed by atoms with Crippen LogP contribution in [-0.2, 0) is 10.0 Å². The lowest BCUT2D eigenvalue weighted by Gasteiger charge is -2.23. The second kappa shape index (κ2) is 8.65. The number of nitrogens with zero attached hydrogens (tertiary/aromatic N) is 1. The van der Waals surface area contributed by atoms with Gasteiger partial charge >= 0.3 is 0 Å². The number of aliphatic imine (C=N–C) groups is 1. The van der Waals surface area contributed by atoms with E-state index in [4.69, 9.17) is 0 Å². The molecule has 1 aromatic rings. The maximum atomic E-state index is 11.4. The van der Waals surface area contributed by atoms with Gasteiger partial charge in [0.05, 0.1) is 12.8 Å². The maximum Gasteiger partial charge on any atom is 0.209 e. The third-order valence-corrected chi connectivity index (χ3v) is 5.07. The molecule has 0 fully saturated rings. The molecule has 0 radical (unpaired) electrons. The zero-order chi connectivity index (χ0) is 17.5. The van der Waals surface area contributed by atoms with Crippen LogP contribution in [-0.4, -0.2) is 45.8 Å². The first-order chi connectivity index (χ1) is 10.6. The monoisotopic (exact) mass is 360 g/mol. The molecule has 1 unspecified atom stereocenters. The largest absolute Gasteiger partial charge is 0.357 e. The fraction of sp³-hybridized carbons (Fsp3) is 0.667. The van der Waals surface area contributed by atoms with Gasteiger partial charge in [0.15, 0.2) is 5.96 Å². The molecule has 0 aliphatic carbocycles.